The van der Waals surface area contributed by atoms with Crippen molar-refractivity contribution in [1.82, 2.24) is 9.80 Å². The number of hydrogen-bond donors (Lipinski definition) is 0. The summed E-state index contributed by atoms with van der Waals surface area (Å²) in [5.41, 5.74) is 1.98. The summed E-state index contributed by atoms with van der Waals surface area (Å²) in [6.07, 6.45) is 0.272. The predicted molar refractivity (Wildman–Crippen MR) is 113 cm³/mol. The Kier molecular flexibility index (Phi) is 5.51. The van der Waals surface area contributed by atoms with E-state index in [1.807, 2.05) is 47.4 Å². The second-order valence-electron chi connectivity index (χ2n) is 7.58. The first-order valence-corrected chi connectivity index (χ1v) is 10.4. The quantitative estimate of drug-likeness (QED) is 0.733. The summed E-state index contributed by atoms with van der Waals surface area (Å²) >= 11 is 3.52. The molecule has 0 N–H and O–H groups in total. The van der Waals surface area contributed by atoms with Crippen molar-refractivity contribution in [3.05, 3.63) is 64.6 Å². The van der Waals surface area contributed by atoms with Gasteiger partial charge in [0.05, 0.1) is 17.6 Å². The van der Waals surface area contributed by atoms with E-state index in [0.717, 1.165) is 28.8 Å². The number of carbonyl (C=O) groups excluding carboxylic acids is 2. The van der Waals surface area contributed by atoms with Crippen LogP contribution in [-0.2, 0) is 9.59 Å². The topological polar surface area (TPSA) is 43.9 Å². The van der Waals surface area contributed by atoms with Gasteiger partial charge in [-0.15, -0.1) is 0 Å². The van der Waals surface area contributed by atoms with E-state index in [4.69, 9.17) is 0 Å². The molecular formula is C22H24BrN3O2. The van der Waals surface area contributed by atoms with Gasteiger partial charge >= 0.3 is 0 Å². The van der Waals surface area contributed by atoms with Crippen LogP contribution in [0.4, 0.5) is 5.69 Å². The summed E-state index contributed by atoms with van der Waals surface area (Å²) in [4.78, 5) is 32.0. The Labute approximate surface area is 174 Å². The van der Waals surface area contributed by atoms with Gasteiger partial charge in [-0.2, -0.15) is 0 Å². The molecular weight excluding hydrogens is 418 g/mol. The van der Waals surface area contributed by atoms with Gasteiger partial charge in [-0.3, -0.25) is 9.59 Å². The van der Waals surface area contributed by atoms with Crippen molar-refractivity contribution in [3.63, 3.8) is 0 Å². The van der Waals surface area contributed by atoms with Crippen molar-refractivity contribution in [3.8, 4) is 0 Å². The number of halogens is 1. The van der Waals surface area contributed by atoms with Crippen LogP contribution < -0.4 is 4.90 Å². The standard InChI is InChI=1S/C22H24BrN3O2/c1-24-11-12-25(20(15-24)16-7-3-2-4-8-16)22(28)17-13-21(27)26(14-17)19-10-6-5-9-18(19)23/h2-10,17,20H,11-15H2,1H3. The average Bonchev–Trinajstić information content (AvgIpc) is 3.10. The maximum absolute atomic E-state index is 13.4. The molecule has 2 amide bonds. The van der Waals surface area contributed by atoms with Crippen molar-refractivity contribution in [2.75, 3.05) is 38.1 Å². The molecule has 2 aliphatic heterocycles. The fourth-order valence-electron chi connectivity index (χ4n) is 4.15. The Morgan fingerprint density at radius 1 is 1.00 bits per heavy atom. The van der Waals surface area contributed by atoms with Gasteiger partial charge in [0.2, 0.25) is 11.8 Å². The molecule has 2 aromatic rings. The van der Waals surface area contributed by atoms with Crippen LogP contribution in [0.2, 0.25) is 0 Å². The Morgan fingerprint density at radius 3 is 2.46 bits per heavy atom. The van der Waals surface area contributed by atoms with Crippen LogP contribution in [0.25, 0.3) is 0 Å². The Balaban J connectivity index is 1.55. The molecule has 2 fully saturated rings. The van der Waals surface area contributed by atoms with Gasteiger partial charge in [-0.1, -0.05) is 42.5 Å². The molecule has 6 heteroatoms. The molecule has 2 aromatic carbocycles. The van der Waals surface area contributed by atoms with Crippen molar-refractivity contribution in [2.24, 2.45) is 5.92 Å². The van der Waals surface area contributed by atoms with Crippen LogP contribution in [0.3, 0.4) is 0 Å². The van der Waals surface area contributed by atoms with Crippen LogP contribution in [0.5, 0.6) is 0 Å². The molecule has 0 bridgehead atoms. The highest BCUT2D eigenvalue weighted by atomic mass is 79.9. The zero-order valence-corrected chi connectivity index (χ0v) is 17.5. The second-order valence-corrected chi connectivity index (χ2v) is 8.43. The van der Waals surface area contributed by atoms with Crippen LogP contribution in [0.15, 0.2) is 59.1 Å². The van der Waals surface area contributed by atoms with Gasteiger partial charge in [0.25, 0.3) is 0 Å². The number of hydrogen-bond acceptors (Lipinski definition) is 3. The van der Waals surface area contributed by atoms with E-state index in [-0.39, 0.29) is 30.2 Å². The van der Waals surface area contributed by atoms with Crippen LogP contribution >= 0.6 is 15.9 Å². The smallest absolute Gasteiger partial charge is 0.228 e. The molecule has 2 heterocycles. The summed E-state index contributed by atoms with van der Waals surface area (Å²) in [6.45, 7) is 2.79. The lowest BCUT2D eigenvalue weighted by molar-refractivity contribution is -0.140. The minimum atomic E-state index is -0.297. The third-order valence-corrected chi connectivity index (χ3v) is 6.34. The molecule has 2 aliphatic rings. The normalized spacial score (nSPS) is 23.3. The van der Waals surface area contributed by atoms with E-state index in [9.17, 15) is 9.59 Å². The minimum absolute atomic E-state index is 0.00985. The summed E-state index contributed by atoms with van der Waals surface area (Å²) < 4.78 is 0.873. The zero-order valence-electron chi connectivity index (χ0n) is 15.9. The fraction of sp³-hybridized carbons (Fsp3) is 0.364. The van der Waals surface area contributed by atoms with E-state index in [2.05, 4.69) is 40.0 Å². The number of likely N-dealkylation sites (N-methyl/N-ethyl adjacent to an activating group) is 1. The van der Waals surface area contributed by atoms with Crippen molar-refractivity contribution >= 4 is 33.4 Å². The molecule has 0 aromatic heterocycles. The predicted octanol–water partition coefficient (Wildman–Crippen LogP) is 3.32. The molecule has 0 radical (unpaired) electrons. The number of rotatable bonds is 3. The molecule has 2 saturated heterocycles. The van der Waals surface area contributed by atoms with Gasteiger partial charge in [0, 0.05) is 37.1 Å². The molecule has 2 atom stereocenters. The summed E-state index contributed by atoms with van der Waals surface area (Å²) in [6, 6.07) is 17.9. The van der Waals surface area contributed by atoms with E-state index in [1.165, 1.54) is 0 Å². The number of benzene rings is 2. The number of amides is 2. The SMILES string of the molecule is CN1CCN(C(=O)C2CC(=O)N(c3ccccc3Br)C2)C(c2ccccc2)C1. The highest BCUT2D eigenvalue weighted by Crippen LogP contribution is 2.34. The molecule has 4 rings (SSSR count). The van der Waals surface area contributed by atoms with E-state index in [1.54, 1.807) is 4.90 Å². The molecule has 5 nitrogen and oxygen atoms in total. The molecule has 2 unspecified atom stereocenters. The molecule has 146 valence electrons. The van der Waals surface area contributed by atoms with Crippen LogP contribution in [-0.4, -0.2) is 54.8 Å². The van der Waals surface area contributed by atoms with Crippen LogP contribution in [0, 0.1) is 5.92 Å². The van der Waals surface area contributed by atoms with E-state index < -0.39 is 0 Å². The monoisotopic (exact) mass is 441 g/mol. The lowest BCUT2D eigenvalue weighted by Crippen LogP contribution is -2.51. The molecule has 0 spiro atoms. The van der Waals surface area contributed by atoms with Gasteiger partial charge < -0.3 is 14.7 Å². The third kappa shape index (κ3) is 3.71. The number of anilines is 1. The van der Waals surface area contributed by atoms with Crippen molar-refractivity contribution in [2.45, 2.75) is 12.5 Å². The number of para-hydroxylation sites is 1. The Morgan fingerprint density at radius 2 is 1.71 bits per heavy atom. The highest BCUT2D eigenvalue weighted by Gasteiger charge is 2.40. The van der Waals surface area contributed by atoms with Crippen LogP contribution in [0.1, 0.15) is 18.0 Å². The largest absolute Gasteiger partial charge is 0.333 e. The second kappa shape index (κ2) is 8.05. The fourth-order valence-corrected chi connectivity index (χ4v) is 4.65. The molecule has 28 heavy (non-hydrogen) atoms. The minimum Gasteiger partial charge on any atom is -0.333 e. The zero-order chi connectivity index (χ0) is 19.7. The summed E-state index contributed by atoms with van der Waals surface area (Å²) in [5.74, 6) is -0.199. The highest BCUT2D eigenvalue weighted by molar-refractivity contribution is 9.10. The van der Waals surface area contributed by atoms with E-state index in [0.29, 0.717) is 13.1 Å². The average molecular weight is 442 g/mol. The molecule has 0 aliphatic carbocycles. The number of carbonyl (C=O) groups is 2. The van der Waals surface area contributed by atoms with Gasteiger partial charge in [0.15, 0.2) is 0 Å². The number of piperazine rings is 1. The maximum atomic E-state index is 13.4. The van der Waals surface area contributed by atoms with E-state index >= 15 is 0 Å². The van der Waals surface area contributed by atoms with Gasteiger partial charge in [-0.05, 0) is 40.7 Å². The summed E-state index contributed by atoms with van der Waals surface area (Å²) in [7, 11) is 2.09. The lowest BCUT2D eigenvalue weighted by atomic mass is 9.99. The first-order valence-electron chi connectivity index (χ1n) is 9.63. The Bertz CT molecular complexity index is 873. The number of nitrogens with zero attached hydrogens (tertiary/aromatic N) is 3. The van der Waals surface area contributed by atoms with Gasteiger partial charge in [0.1, 0.15) is 0 Å². The third-order valence-electron chi connectivity index (χ3n) is 5.67. The van der Waals surface area contributed by atoms with Crippen molar-refractivity contribution in [1.29, 1.82) is 0 Å². The van der Waals surface area contributed by atoms with Crippen molar-refractivity contribution < 1.29 is 9.59 Å². The lowest BCUT2D eigenvalue weighted by Gasteiger charge is -2.41. The first-order chi connectivity index (χ1) is 13.5. The first kappa shape index (κ1) is 19.2. The Hall–Kier alpha value is -2.18. The maximum Gasteiger partial charge on any atom is 0.228 e. The molecule has 0 saturated carbocycles. The summed E-state index contributed by atoms with van der Waals surface area (Å²) in [5, 5.41) is 0. The van der Waals surface area contributed by atoms with Gasteiger partial charge in [-0.25, -0.2) is 0 Å².